The molecule has 4 heteroatoms. The van der Waals surface area contributed by atoms with Gasteiger partial charge in [0.2, 0.25) is 0 Å². The molecule has 0 aliphatic rings. The quantitative estimate of drug-likeness (QED) is 0.823. The zero-order chi connectivity index (χ0) is 9.97. The van der Waals surface area contributed by atoms with Crippen LogP contribution in [0.25, 0.3) is 0 Å². The molecule has 0 saturated carbocycles. The van der Waals surface area contributed by atoms with E-state index in [1.54, 1.807) is 0 Å². The molecule has 0 saturated heterocycles. The molecule has 2 aromatic heterocycles. The Bertz CT molecular complexity index is 399. The van der Waals surface area contributed by atoms with Gasteiger partial charge in [-0.15, -0.1) is 11.3 Å². The second-order valence-corrected chi connectivity index (χ2v) is 3.80. The van der Waals surface area contributed by atoms with Crippen LogP contribution in [0.1, 0.15) is 16.7 Å². The average Bonchev–Trinajstić information content (AvgIpc) is 2.71. The minimum atomic E-state index is -0.754. The van der Waals surface area contributed by atoms with E-state index in [4.69, 9.17) is 0 Å². The molecule has 2 nitrogen and oxygen atoms in total. The third-order valence-electron chi connectivity index (χ3n) is 1.84. The highest BCUT2D eigenvalue weighted by Gasteiger charge is 2.12. The van der Waals surface area contributed by atoms with Gasteiger partial charge < -0.3 is 5.11 Å². The molecule has 1 atom stereocenters. The second kappa shape index (κ2) is 3.86. The van der Waals surface area contributed by atoms with E-state index in [9.17, 15) is 9.50 Å². The Hall–Kier alpha value is -1.26. The minimum Gasteiger partial charge on any atom is -0.381 e. The molecule has 0 aliphatic heterocycles. The summed E-state index contributed by atoms with van der Waals surface area (Å²) in [5.41, 5.74) is 0.467. The third kappa shape index (κ3) is 1.81. The number of pyridine rings is 1. The summed E-state index contributed by atoms with van der Waals surface area (Å²) < 4.78 is 12.6. The zero-order valence-electron chi connectivity index (χ0n) is 7.22. The highest BCUT2D eigenvalue weighted by Crippen LogP contribution is 2.23. The molecule has 72 valence electrons. The summed E-state index contributed by atoms with van der Waals surface area (Å²) in [6.07, 6.45) is 0.349. The van der Waals surface area contributed by atoms with E-state index in [1.807, 2.05) is 17.5 Å². The molecule has 2 aromatic rings. The smallest absolute Gasteiger partial charge is 0.141 e. The third-order valence-corrected chi connectivity index (χ3v) is 2.77. The van der Waals surface area contributed by atoms with Crippen LogP contribution in [-0.4, -0.2) is 10.1 Å². The number of rotatable bonds is 2. The summed E-state index contributed by atoms with van der Waals surface area (Å²) in [6.45, 7) is 0. The monoisotopic (exact) mass is 209 g/mol. The summed E-state index contributed by atoms with van der Waals surface area (Å²) in [5.74, 6) is -0.396. The van der Waals surface area contributed by atoms with E-state index in [1.165, 1.54) is 23.5 Å². The number of nitrogens with zero attached hydrogens (tertiary/aromatic N) is 1. The normalized spacial score (nSPS) is 12.7. The molecular weight excluding hydrogens is 201 g/mol. The molecule has 1 unspecified atom stereocenters. The lowest BCUT2D eigenvalue weighted by Gasteiger charge is -2.06. The maximum atomic E-state index is 12.6. The van der Waals surface area contributed by atoms with E-state index >= 15 is 0 Å². The Balaban J connectivity index is 2.28. The van der Waals surface area contributed by atoms with E-state index in [0.717, 1.165) is 11.1 Å². The fourth-order valence-electron chi connectivity index (χ4n) is 1.14. The van der Waals surface area contributed by atoms with Gasteiger partial charge in [0.05, 0.1) is 11.9 Å². The van der Waals surface area contributed by atoms with Gasteiger partial charge in [0.15, 0.2) is 0 Å². The Morgan fingerprint density at radius 2 is 2.21 bits per heavy atom. The Morgan fingerprint density at radius 1 is 1.36 bits per heavy atom. The van der Waals surface area contributed by atoms with Gasteiger partial charge in [-0.25, -0.2) is 4.39 Å². The lowest BCUT2D eigenvalue weighted by molar-refractivity contribution is 0.219. The van der Waals surface area contributed by atoms with Crippen molar-refractivity contribution in [3.05, 3.63) is 52.2 Å². The first kappa shape index (κ1) is 9.30. The van der Waals surface area contributed by atoms with Crippen molar-refractivity contribution in [1.29, 1.82) is 0 Å². The van der Waals surface area contributed by atoms with Crippen LogP contribution < -0.4 is 0 Å². The molecule has 0 amide bonds. The fraction of sp³-hybridized carbons (Fsp3) is 0.100. The number of hydrogen-bond acceptors (Lipinski definition) is 3. The molecule has 0 aromatic carbocycles. The number of aromatic nitrogens is 1. The van der Waals surface area contributed by atoms with Crippen LogP contribution in [0.5, 0.6) is 0 Å². The van der Waals surface area contributed by atoms with Gasteiger partial charge in [-0.1, -0.05) is 6.07 Å². The van der Waals surface area contributed by atoms with Crippen LogP contribution >= 0.6 is 11.3 Å². The van der Waals surface area contributed by atoms with Crippen molar-refractivity contribution in [3.8, 4) is 0 Å². The highest BCUT2D eigenvalue weighted by atomic mass is 32.1. The number of aliphatic hydroxyl groups excluding tert-OH is 1. The molecule has 2 rings (SSSR count). The fourth-order valence-corrected chi connectivity index (χ4v) is 1.86. The van der Waals surface area contributed by atoms with Crippen LogP contribution in [0, 0.1) is 5.82 Å². The number of hydrogen-bond donors (Lipinski definition) is 1. The molecule has 0 bridgehead atoms. The van der Waals surface area contributed by atoms with E-state index in [2.05, 4.69) is 4.98 Å². The summed E-state index contributed by atoms with van der Waals surface area (Å²) >= 11 is 1.45. The van der Waals surface area contributed by atoms with Gasteiger partial charge in [-0.2, -0.15) is 0 Å². The van der Waals surface area contributed by atoms with Crippen molar-refractivity contribution in [3.63, 3.8) is 0 Å². The molecule has 0 spiro atoms. The first-order valence-corrected chi connectivity index (χ1v) is 4.98. The van der Waals surface area contributed by atoms with Gasteiger partial charge in [-0.05, 0) is 23.6 Å². The van der Waals surface area contributed by atoms with Crippen LogP contribution in [0.15, 0.2) is 35.8 Å². The first-order chi connectivity index (χ1) is 6.77. The van der Waals surface area contributed by atoms with Gasteiger partial charge in [0.1, 0.15) is 11.9 Å². The maximum Gasteiger partial charge on any atom is 0.141 e. The molecule has 0 fully saturated rings. The summed E-state index contributed by atoms with van der Waals surface area (Å²) in [5, 5.41) is 11.7. The lowest BCUT2D eigenvalue weighted by Crippen LogP contribution is -1.99. The number of aliphatic hydroxyl groups is 1. The van der Waals surface area contributed by atoms with E-state index < -0.39 is 11.9 Å². The van der Waals surface area contributed by atoms with Crippen molar-refractivity contribution < 1.29 is 9.50 Å². The van der Waals surface area contributed by atoms with Crippen LogP contribution in [-0.2, 0) is 0 Å². The molecule has 14 heavy (non-hydrogen) atoms. The SMILES string of the molecule is OC(c1ccc(F)cn1)c1cccs1. The molecule has 0 radical (unpaired) electrons. The van der Waals surface area contributed by atoms with Gasteiger partial charge >= 0.3 is 0 Å². The molecular formula is C10H8FNOS. The minimum absolute atomic E-state index is 0.396. The van der Waals surface area contributed by atoms with Crippen LogP contribution in [0.2, 0.25) is 0 Å². The van der Waals surface area contributed by atoms with Crippen molar-refractivity contribution in [2.75, 3.05) is 0 Å². The maximum absolute atomic E-state index is 12.6. The molecule has 1 N–H and O–H groups in total. The summed E-state index contributed by atoms with van der Waals surface area (Å²) in [7, 11) is 0. The Labute approximate surface area is 84.7 Å². The molecule has 0 aliphatic carbocycles. The molecule has 2 heterocycles. The number of halogens is 1. The summed E-state index contributed by atoms with van der Waals surface area (Å²) in [4.78, 5) is 4.63. The van der Waals surface area contributed by atoms with Crippen molar-refractivity contribution in [1.82, 2.24) is 4.98 Å². The predicted octanol–water partition coefficient (Wildman–Crippen LogP) is 2.36. The average molecular weight is 209 g/mol. The Kier molecular flexibility index (Phi) is 2.56. The van der Waals surface area contributed by atoms with E-state index in [0.29, 0.717) is 5.69 Å². The topological polar surface area (TPSA) is 33.1 Å². The van der Waals surface area contributed by atoms with E-state index in [-0.39, 0.29) is 0 Å². The predicted molar refractivity (Wildman–Crippen MR) is 52.6 cm³/mol. The Morgan fingerprint density at radius 3 is 2.79 bits per heavy atom. The number of thiophene rings is 1. The van der Waals surface area contributed by atoms with Gasteiger partial charge in [0.25, 0.3) is 0 Å². The van der Waals surface area contributed by atoms with Gasteiger partial charge in [-0.3, -0.25) is 4.98 Å². The standard InChI is InChI=1S/C10H8FNOS/c11-7-3-4-8(12-6-7)10(13)9-2-1-5-14-9/h1-6,10,13H. The van der Waals surface area contributed by atoms with Crippen molar-refractivity contribution in [2.45, 2.75) is 6.10 Å². The summed E-state index contributed by atoms with van der Waals surface area (Å²) in [6, 6.07) is 6.45. The lowest BCUT2D eigenvalue weighted by atomic mass is 10.2. The highest BCUT2D eigenvalue weighted by molar-refractivity contribution is 7.10. The largest absolute Gasteiger partial charge is 0.381 e. The van der Waals surface area contributed by atoms with Crippen molar-refractivity contribution >= 4 is 11.3 Å². The zero-order valence-corrected chi connectivity index (χ0v) is 8.04. The van der Waals surface area contributed by atoms with Crippen molar-refractivity contribution in [2.24, 2.45) is 0 Å². The first-order valence-electron chi connectivity index (χ1n) is 4.10. The van der Waals surface area contributed by atoms with Gasteiger partial charge in [0, 0.05) is 4.88 Å². The van der Waals surface area contributed by atoms with Crippen LogP contribution in [0.3, 0.4) is 0 Å². The van der Waals surface area contributed by atoms with Crippen LogP contribution in [0.4, 0.5) is 4.39 Å². The second-order valence-electron chi connectivity index (χ2n) is 2.82.